The molecule has 1 aromatic carbocycles. The van der Waals surface area contributed by atoms with Crippen LogP contribution in [-0.2, 0) is 4.79 Å². The van der Waals surface area contributed by atoms with E-state index in [1.165, 1.54) is 0 Å². The van der Waals surface area contributed by atoms with Gasteiger partial charge in [0.1, 0.15) is 0 Å². The van der Waals surface area contributed by atoms with Crippen LogP contribution in [0.4, 0.5) is 0 Å². The highest BCUT2D eigenvalue weighted by Gasteiger charge is 2.16. The molecule has 14 heavy (non-hydrogen) atoms. The van der Waals surface area contributed by atoms with E-state index in [-0.39, 0.29) is 0 Å². The summed E-state index contributed by atoms with van der Waals surface area (Å²) in [7, 11) is 0. The maximum atomic E-state index is 10.8. The lowest BCUT2D eigenvalue weighted by Gasteiger charge is -2.03. The molecular weight excluding hydrogens is 178 g/mol. The molecule has 1 heterocycles. The molecule has 72 valence electrons. The van der Waals surface area contributed by atoms with Crippen molar-refractivity contribution >= 4 is 16.9 Å². The Morgan fingerprint density at radius 2 is 2.14 bits per heavy atom. The number of nitrogens with one attached hydrogen (secondary N) is 1. The molecule has 0 fully saturated rings. The van der Waals surface area contributed by atoms with E-state index in [1.807, 2.05) is 24.3 Å². The SMILES string of the molecule is CC(C(=O)O)c1c[nH]c2ccccc12. The van der Waals surface area contributed by atoms with Gasteiger partial charge in [0.2, 0.25) is 0 Å². The van der Waals surface area contributed by atoms with Gasteiger partial charge in [-0.05, 0) is 18.6 Å². The minimum absolute atomic E-state index is 0.467. The Morgan fingerprint density at radius 1 is 1.43 bits per heavy atom. The van der Waals surface area contributed by atoms with Crippen LogP contribution >= 0.6 is 0 Å². The zero-order valence-corrected chi connectivity index (χ0v) is 7.82. The molecule has 1 unspecified atom stereocenters. The van der Waals surface area contributed by atoms with E-state index in [0.717, 1.165) is 16.5 Å². The summed E-state index contributed by atoms with van der Waals surface area (Å²) in [6.07, 6.45) is 1.77. The summed E-state index contributed by atoms with van der Waals surface area (Å²) >= 11 is 0. The Kier molecular flexibility index (Phi) is 2.00. The molecule has 0 aliphatic rings. The van der Waals surface area contributed by atoms with Gasteiger partial charge in [0, 0.05) is 17.1 Å². The van der Waals surface area contributed by atoms with Crippen molar-refractivity contribution in [3.05, 3.63) is 36.0 Å². The van der Waals surface area contributed by atoms with Crippen LogP contribution < -0.4 is 0 Å². The normalized spacial score (nSPS) is 12.9. The van der Waals surface area contributed by atoms with Crippen molar-refractivity contribution < 1.29 is 9.90 Å². The van der Waals surface area contributed by atoms with Gasteiger partial charge in [-0.1, -0.05) is 18.2 Å². The summed E-state index contributed by atoms with van der Waals surface area (Å²) in [5.41, 5.74) is 1.82. The average molecular weight is 189 g/mol. The number of H-pyrrole nitrogens is 1. The van der Waals surface area contributed by atoms with Gasteiger partial charge in [0.15, 0.2) is 0 Å². The molecular formula is C11H11NO2. The van der Waals surface area contributed by atoms with Crippen LogP contribution in [0.5, 0.6) is 0 Å². The molecule has 2 rings (SSSR count). The van der Waals surface area contributed by atoms with Crippen LogP contribution in [0, 0.1) is 0 Å². The van der Waals surface area contributed by atoms with Crippen LogP contribution in [0.15, 0.2) is 30.5 Å². The highest BCUT2D eigenvalue weighted by atomic mass is 16.4. The summed E-state index contributed by atoms with van der Waals surface area (Å²) in [5.74, 6) is -1.26. The van der Waals surface area contributed by atoms with Gasteiger partial charge < -0.3 is 10.1 Å². The van der Waals surface area contributed by atoms with E-state index < -0.39 is 11.9 Å². The van der Waals surface area contributed by atoms with Gasteiger partial charge in [-0.2, -0.15) is 0 Å². The third-order valence-electron chi connectivity index (χ3n) is 2.46. The first-order valence-corrected chi connectivity index (χ1v) is 4.49. The standard InChI is InChI=1S/C11H11NO2/c1-7(11(13)14)9-6-12-10-5-3-2-4-8(9)10/h2-7,12H,1H3,(H,13,14). The molecule has 3 nitrogen and oxygen atoms in total. The highest BCUT2D eigenvalue weighted by molar-refractivity contribution is 5.89. The topological polar surface area (TPSA) is 53.1 Å². The van der Waals surface area contributed by atoms with Gasteiger partial charge in [0.05, 0.1) is 5.92 Å². The predicted molar refractivity (Wildman–Crippen MR) is 54.3 cm³/mol. The molecule has 0 amide bonds. The largest absolute Gasteiger partial charge is 0.481 e. The van der Waals surface area contributed by atoms with Crippen molar-refractivity contribution in [1.82, 2.24) is 4.98 Å². The average Bonchev–Trinajstić information content (AvgIpc) is 2.60. The van der Waals surface area contributed by atoms with Gasteiger partial charge in [-0.25, -0.2) is 0 Å². The number of benzene rings is 1. The first kappa shape index (κ1) is 8.81. The van der Waals surface area contributed by atoms with Gasteiger partial charge in [-0.15, -0.1) is 0 Å². The number of para-hydroxylation sites is 1. The van der Waals surface area contributed by atoms with Crippen LogP contribution in [0.1, 0.15) is 18.4 Å². The second-order valence-corrected chi connectivity index (χ2v) is 3.35. The molecule has 0 spiro atoms. The molecule has 3 heteroatoms. The zero-order valence-electron chi connectivity index (χ0n) is 7.82. The van der Waals surface area contributed by atoms with E-state index in [9.17, 15) is 4.79 Å². The lowest BCUT2D eigenvalue weighted by molar-refractivity contribution is -0.138. The van der Waals surface area contributed by atoms with Gasteiger partial charge in [-0.3, -0.25) is 4.79 Å². The minimum Gasteiger partial charge on any atom is -0.481 e. The zero-order chi connectivity index (χ0) is 10.1. The first-order valence-electron chi connectivity index (χ1n) is 4.49. The van der Waals surface area contributed by atoms with E-state index in [0.29, 0.717) is 0 Å². The van der Waals surface area contributed by atoms with Crippen molar-refractivity contribution in [2.24, 2.45) is 0 Å². The van der Waals surface area contributed by atoms with E-state index in [4.69, 9.17) is 5.11 Å². The number of hydrogen-bond acceptors (Lipinski definition) is 1. The molecule has 2 aromatic rings. The Balaban J connectivity index is 2.58. The Labute approximate surface area is 81.4 Å². The fourth-order valence-electron chi connectivity index (χ4n) is 1.59. The van der Waals surface area contributed by atoms with Crippen molar-refractivity contribution in [2.45, 2.75) is 12.8 Å². The van der Waals surface area contributed by atoms with Gasteiger partial charge >= 0.3 is 5.97 Å². The lowest BCUT2D eigenvalue weighted by Crippen LogP contribution is -2.06. The van der Waals surface area contributed by atoms with Crippen molar-refractivity contribution in [3.63, 3.8) is 0 Å². The molecule has 0 saturated carbocycles. The molecule has 1 aromatic heterocycles. The lowest BCUT2D eigenvalue weighted by atomic mass is 10.0. The summed E-state index contributed by atoms with van der Waals surface area (Å²) in [6.45, 7) is 1.69. The molecule has 0 saturated heterocycles. The highest BCUT2D eigenvalue weighted by Crippen LogP contribution is 2.25. The molecule has 2 N–H and O–H groups in total. The Morgan fingerprint density at radius 3 is 2.86 bits per heavy atom. The number of aliphatic carboxylic acids is 1. The van der Waals surface area contributed by atoms with Crippen LogP contribution in [0.25, 0.3) is 10.9 Å². The maximum Gasteiger partial charge on any atom is 0.310 e. The van der Waals surface area contributed by atoms with Gasteiger partial charge in [0.25, 0.3) is 0 Å². The molecule has 0 bridgehead atoms. The minimum atomic E-state index is -0.797. The third kappa shape index (κ3) is 1.27. The number of carboxylic acid groups (broad SMARTS) is 1. The predicted octanol–water partition coefficient (Wildman–Crippen LogP) is 2.36. The first-order chi connectivity index (χ1) is 6.70. The van der Waals surface area contributed by atoms with Crippen LogP contribution in [0.2, 0.25) is 0 Å². The number of rotatable bonds is 2. The fraction of sp³-hybridized carbons (Fsp3) is 0.182. The third-order valence-corrected chi connectivity index (χ3v) is 2.46. The number of carboxylic acids is 1. The van der Waals surface area contributed by atoms with E-state index in [1.54, 1.807) is 13.1 Å². The number of aromatic amines is 1. The second kappa shape index (κ2) is 3.18. The maximum absolute atomic E-state index is 10.8. The second-order valence-electron chi connectivity index (χ2n) is 3.35. The Hall–Kier alpha value is -1.77. The van der Waals surface area contributed by atoms with Crippen LogP contribution in [0.3, 0.4) is 0 Å². The molecule has 0 aliphatic heterocycles. The number of carbonyl (C=O) groups is 1. The quantitative estimate of drug-likeness (QED) is 0.761. The number of fused-ring (bicyclic) bond motifs is 1. The van der Waals surface area contributed by atoms with Crippen molar-refractivity contribution in [3.8, 4) is 0 Å². The molecule has 0 aliphatic carbocycles. The van der Waals surface area contributed by atoms with Crippen molar-refractivity contribution in [1.29, 1.82) is 0 Å². The van der Waals surface area contributed by atoms with Crippen molar-refractivity contribution in [2.75, 3.05) is 0 Å². The van der Waals surface area contributed by atoms with E-state index in [2.05, 4.69) is 4.98 Å². The smallest absolute Gasteiger partial charge is 0.310 e. The summed E-state index contributed by atoms with van der Waals surface area (Å²) in [6, 6.07) is 7.70. The molecule has 0 radical (unpaired) electrons. The number of hydrogen-bond donors (Lipinski definition) is 2. The summed E-state index contributed by atoms with van der Waals surface area (Å²) in [4.78, 5) is 13.9. The monoisotopic (exact) mass is 189 g/mol. The fourth-order valence-corrected chi connectivity index (χ4v) is 1.59. The Bertz CT molecular complexity index is 473. The number of aromatic nitrogens is 1. The van der Waals surface area contributed by atoms with Crippen LogP contribution in [-0.4, -0.2) is 16.1 Å². The van der Waals surface area contributed by atoms with E-state index >= 15 is 0 Å². The summed E-state index contributed by atoms with van der Waals surface area (Å²) in [5, 5.41) is 9.89. The molecule has 1 atom stereocenters. The summed E-state index contributed by atoms with van der Waals surface area (Å²) < 4.78 is 0.